The van der Waals surface area contributed by atoms with E-state index < -0.39 is 0 Å². The molecule has 0 saturated carbocycles. The van der Waals surface area contributed by atoms with E-state index in [1.165, 1.54) is 5.69 Å². The van der Waals surface area contributed by atoms with Crippen molar-refractivity contribution in [2.45, 2.75) is 39.2 Å². The second-order valence-electron chi connectivity index (χ2n) is 5.72. The predicted molar refractivity (Wildman–Crippen MR) is 93.3 cm³/mol. The molecule has 23 heavy (non-hydrogen) atoms. The van der Waals surface area contributed by atoms with Crippen molar-refractivity contribution >= 4 is 27.6 Å². The number of rotatable bonds is 7. The summed E-state index contributed by atoms with van der Waals surface area (Å²) in [7, 11) is 0. The van der Waals surface area contributed by atoms with Crippen LogP contribution in [0.4, 0.5) is 5.82 Å². The molecule has 0 atom stereocenters. The van der Waals surface area contributed by atoms with Crippen LogP contribution < -0.4 is 5.73 Å². The summed E-state index contributed by atoms with van der Waals surface area (Å²) in [5.41, 5.74) is 8.98. The summed E-state index contributed by atoms with van der Waals surface area (Å²) in [5.74, 6) is 0.476. The number of nitrogens with zero attached hydrogens (tertiary/aromatic N) is 4. The number of nitroso groups, excluding NO2 is 1. The third-order valence-corrected chi connectivity index (χ3v) is 4.06. The van der Waals surface area contributed by atoms with Crippen molar-refractivity contribution in [2.24, 2.45) is 5.18 Å². The molecule has 3 aromatic rings. The molecule has 1 aromatic carbocycles. The number of nitrogen functional groups attached to an aromatic ring is 1. The van der Waals surface area contributed by atoms with E-state index in [-0.39, 0.29) is 0 Å². The standard InChI is InChI=1S/C17H21N5O/c1-2-11-22-14(9-5-6-10-19-23)15-12-7-3-4-8-13(12)20-17(18)16(15)21-22/h3-4,7-8H,2,5-6,9-11H2,1H3,(H2,18,20). The first-order chi connectivity index (χ1) is 11.3. The SMILES string of the molecule is CCCn1nc2c(N)nc3ccccc3c2c1CCCCN=O. The Labute approximate surface area is 134 Å². The van der Waals surface area contributed by atoms with Gasteiger partial charge in [-0.25, -0.2) is 4.98 Å². The van der Waals surface area contributed by atoms with Gasteiger partial charge in [-0.15, -0.1) is 0 Å². The molecule has 2 N–H and O–H groups in total. The van der Waals surface area contributed by atoms with E-state index >= 15 is 0 Å². The second-order valence-corrected chi connectivity index (χ2v) is 5.72. The summed E-state index contributed by atoms with van der Waals surface area (Å²) in [6.45, 7) is 3.35. The highest BCUT2D eigenvalue weighted by Gasteiger charge is 2.17. The zero-order valence-corrected chi connectivity index (χ0v) is 13.3. The van der Waals surface area contributed by atoms with Gasteiger partial charge in [0.15, 0.2) is 5.82 Å². The van der Waals surface area contributed by atoms with Crippen LogP contribution in [-0.2, 0) is 13.0 Å². The van der Waals surface area contributed by atoms with Gasteiger partial charge in [0, 0.05) is 23.0 Å². The summed E-state index contributed by atoms with van der Waals surface area (Å²) in [6.07, 6.45) is 3.56. The number of benzene rings is 1. The smallest absolute Gasteiger partial charge is 0.152 e. The molecular weight excluding hydrogens is 290 g/mol. The lowest BCUT2D eigenvalue weighted by Gasteiger charge is -2.07. The molecule has 0 radical (unpaired) electrons. The third kappa shape index (κ3) is 2.88. The fourth-order valence-electron chi connectivity index (χ4n) is 3.04. The lowest BCUT2D eigenvalue weighted by atomic mass is 10.1. The Morgan fingerprint density at radius 2 is 2.09 bits per heavy atom. The molecule has 0 fully saturated rings. The minimum absolute atomic E-state index is 0.365. The Kier molecular flexibility index (Phi) is 4.50. The maximum absolute atomic E-state index is 10.3. The van der Waals surface area contributed by atoms with Crippen LogP contribution in [0.5, 0.6) is 0 Å². The Bertz CT molecular complexity index is 840. The number of hydrogen-bond donors (Lipinski definition) is 1. The Morgan fingerprint density at radius 1 is 1.26 bits per heavy atom. The second kappa shape index (κ2) is 6.73. The van der Waals surface area contributed by atoms with Crippen LogP contribution in [0.3, 0.4) is 0 Å². The van der Waals surface area contributed by atoms with Crippen LogP contribution >= 0.6 is 0 Å². The van der Waals surface area contributed by atoms with Gasteiger partial charge in [-0.3, -0.25) is 4.68 Å². The zero-order chi connectivity index (χ0) is 16.2. The lowest BCUT2D eigenvalue weighted by Crippen LogP contribution is -2.05. The number of unbranched alkanes of at least 4 members (excludes halogenated alkanes) is 1. The fourth-order valence-corrected chi connectivity index (χ4v) is 3.04. The molecule has 120 valence electrons. The lowest BCUT2D eigenvalue weighted by molar-refractivity contribution is 0.569. The van der Waals surface area contributed by atoms with Crippen molar-refractivity contribution in [3.8, 4) is 0 Å². The van der Waals surface area contributed by atoms with Gasteiger partial charge in [-0.05, 0) is 31.7 Å². The van der Waals surface area contributed by atoms with Crippen LogP contribution in [-0.4, -0.2) is 21.3 Å². The number of aryl methyl sites for hydroxylation is 2. The zero-order valence-electron chi connectivity index (χ0n) is 13.3. The average molecular weight is 311 g/mol. The monoisotopic (exact) mass is 311 g/mol. The Balaban J connectivity index is 2.16. The van der Waals surface area contributed by atoms with Crippen molar-refractivity contribution in [1.82, 2.24) is 14.8 Å². The highest BCUT2D eigenvalue weighted by molar-refractivity contribution is 6.09. The van der Waals surface area contributed by atoms with Crippen LogP contribution in [0.2, 0.25) is 0 Å². The molecule has 0 saturated heterocycles. The molecule has 6 nitrogen and oxygen atoms in total. The van der Waals surface area contributed by atoms with Crippen molar-refractivity contribution in [2.75, 3.05) is 12.3 Å². The molecule has 2 aromatic heterocycles. The largest absolute Gasteiger partial charge is 0.382 e. The molecule has 0 bridgehead atoms. The maximum atomic E-state index is 10.3. The molecule has 6 heteroatoms. The number of aromatic nitrogens is 3. The Morgan fingerprint density at radius 3 is 2.87 bits per heavy atom. The van der Waals surface area contributed by atoms with Crippen LogP contribution in [0.25, 0.3) is 21.8 Å². The van der Waals surface area contributed by atoms with Gasteiger partial charge in [-0.2, -0.15) is 10.0 Å². The molecule has 0 amide bonds. The molecule has 2 heterocycles. The highest BCUT2D eigenvalue weighted by atomic mass is 16.3. The van der Waals surface area contributed by atoms with Gasteiger partial charge < -0.3 is 5.73 Å². The highest BCUT2D eigenvalue weighted by Crippen LogP contribution is 2.31. The number of anilines is 1. The minimum atomic E-state index is 0.365. The van der Waals surface area contributed by atoms with Gasteiger partial charge in [0.25, 0.3) is 0 Å². The van der Waals surface area contributed by atoms with E-state index in [1.54, 1.807) is 0 Å². The minimum Gasteiger partial charge on any atom is -0.382 e. The van der Waals surface area contributed by atoms with Crippen LogP contribution in [0.1, 0.15) is 31.9 Å². The topological polar surface area (TPSA) is 86.2 Å². The molecule has 0 aliphatic rings. The van der Waals surface area contributed by atoms with E-state index in [4.69, 9.17) is 10.8 Å². The quantitative estimate of drug-likeness (QED) is 0.533. The molecule has 0 spiro atoms. The van der Waals surface area contributed by atoms with Gasteiger partial charge >= 0.3 is 0 Å². The normalized spacial score (nSPS) is 11.3. The first kappa shape index (κ1) is 15.4. The first-order valence-electron chi connectivity index (χ1n) is 8.09. The van der Waals surface area contributed by atoms with Crippen molar-refractivity contribution in [1.29, 1.82) is 0 Å². The molecule has 0 aliphatic carbocycles. The molecule has 0 unspecified atom stereocenters. The van der Waals surface area contributed by atoms with Crippen LogP contribution in [0, 0.1) is 4.91 Å². The van der Waals surface area contributed by atoms with E-state index in [9.17, 15) is 4.91 Å². The summed E-state index contributed by atoms with van der Waals surface area (Å²) >= 11 is 0. The molecule has 3 rings (SSSR count). The number of nitrogens with two attached hydrogens (primary N) is 1. The van der Waals surface area contributed by atoms with Gasteiger partial charge in [0.1, 0.15) is 5.52 Å². The number of para-hydroxylation sites is 1. The van der Waals surface area contributed by atoms with Crippen LogP contribution in [0.15, 0.2) is 29.4 Å². The fraction of sp³-hybridized carbons (Fsp3) is 0.412. The predicted octanol–water partition coefficient (Wildman–Crippen LogP) is 3.67. The maximum Gasteiger partial charge on any atom is 0.152 e. The molecular formula is C17H21N5O. The number of fused-ring (bicyclic) bond motifs is 3. The third-order valence-electron chi connectivity index (χ3n) is 4.06. The summed E-state index contributed by atoms with van der Waals surface area (Å²) in [6, 6.07) is 8.02. The number of pyridine rings is 1. The summed E-state index contributed by atoms with van der Waals surface area (Å²) in [5, 5.41) is 9.82. The van der Waals surface area contributed by atoms with E-state index in [0.717, 1.165) is 54.0 Å². The Hall–Kier alpha value is -2.50. The molecule has 0 aliphatic heterocycles. The van der Waals surface area contributed by atoms with Gasteiger partial charge in [0.05, 0.1) is 12.1 Å². The van der Waals surface area contributed by atoms with Gasteiger partial charge in [-0.1, -0.05) is 30.3 Å². The van der Waals surface area contributed by atoms with E-state index in [2.05, 4.69) is 23.2 Å². The summed E-state index contributed by atoms with van der Waals surface area (Å²) in [4.78, 5) is 14.7. The van der Waals surface area contributed by atoms with Crippen molar-refractivity contribution in [3.05, 3.63) is 34.9 Å². The summed E-state index contributed by atoms with van der Waals surface area (Å²) < 4.78 is 2.05. The van der Waals surface area contributed by atoms with Gasteiger partial charge in [0.2, 0.25) is 0 Å². The average Bonchev–Trinajstić information content (AvgIpc) is 2.92. The van der Waals surface area contributed by atoms with Crippen molar-refractivity contribution in [3.63, 3.8) is 0 Å². The van der Waals surface area contributed by atoms with E-state index in [1.807, 2.05) is 22.9 Å². The van der Waals surface area contributed by atoms with E-state index in [0.29, 0.717) is 12.4 Å². The van der Waals surface area contributed by atoms with Crippen molar-refractivity contribution < 1.29 is 0 Å². The first-order valence-corrected chi connectivity index (χ1v) is 8.09. The number of hydrogen-bond acceptors (Lipinski definition) is 5.